The molecule has 0 radical (unpaired) electrons. The molecule has 0 aliphatic carbocycles. The molecule has 5 nitrogen and oxygen atoms in total. The molecule has 1 aromatic carbocycles. The van der Waals surface area contributed by atoms with E-state index in [0.29, 0.717) is 17.1 Å². The Morgan fingerprint density at radius 2 is 2.21 bits per heavy atom. The summed E-state index contributed by atoms with van der Waals surface area (Å²) in [6, 6.07) is 6.88. The molecule has 3 N–H and O–H groups in total. The van der Waals surface area contributed by atoms with Crippen molar-refractivity contribution in [3.8, 4) is 0 Å². The van der Waals surface area contributed by atoms with E-state index in [1.165, 1.54) is 35.5 Å². The van der Waals surface area contributed by atoms with Crippen LogP contribution in [0.2, 0.25) is 0 Å². The third-order valence-corrected chi connectivity index (χ3v) is 2.57. The van der Waals surface area contributed by atoms with E-state index >= 15 is 0 Å². The number of rotatable bonds is 2. The molecule has 0 spiro atoms. The number of benzene rings is 1. The number of nitrogens with one attached hydrogen (secondary N) is 1. The number of pyridine rings is 1. The van der Waals surface area contributed by atoms with Crippen LogP contribution >= 0.6 is 0 Å². The maximum atomic E-state index is 13.0. The van der Waals surface area contributed by atoms with Crippen molar-refractivity contribution in [2.75, 3.05) is 23.0 Å². The average Bonchev–Trinajstić information content (AvgIpc) is 2.38. The molecule has 0 atom stereocenters. The lowest BCUT2D eigenvalue weighted by Gasteiger charge is -2.19. The molecule has 0 fully saturated rings. The first-order chi connectivity index (χ1) is 9.08. The van der Waals surface area contributed by atoms with Crippen LogP contribution in [0.3, 0.4) is 0 Å². The SMILES string of the molecule is CN(C(=O)Nc1cccc(F)c1)c1ccncc1N. The van der Waals surface area contributed by atoms with Crippen LogP contribution in [0.25, 0.3) is 0 Å². The summed E-state index contributed by atoms with van der Waals surface area (Å²) in [5, 5.41) is 2.58. The smallest absolute Gasteiger partial charge is 0.326 e. The fourth-order valence-electron chi connectivity index (χ4n) is 1.59. The Hall–Kier alpha value is -2.63. The molecule has 6 heteroatoms. The average molecular weight is 260 g/mol. The van der Waals surface area contributed by atoms with Gasteiger partial charge in [0, 0.05) is 18.9 Å². The fraction of sp³-hybridized carbons (Fsp3) is 0.0769. The molecule has 2 aromatic rings. The molecule has 1 aromatic heterocycles. The van der Waals surface area contributed by atoms with Crippen molar-refractivity contribution in [3.63, 3.8) is 0 Å². The molecule has 98 valence electrons. The molecule has 0 aliphatic heterocycles. The zero-order chi connectivity index (χ0) is 13.8. The highest BCUT2D eigenvalue weighted by Crippen LogP contribution is 2.20. The Bertz CT molecular complexity index is 603. The minimum atomic E-state index is -0.413. The number of halogens is 1. The molecule has 0 aliphatic rings. The Balaban J connectivity index is 2.14. The lowest BCUT2D eigenvalue weighted by atomic mass is 10.3. The minimum absolute atomic E-state index is 0.379. The van der Waals surface area contributed by atoms with Gasteiger partial charge >= 0.3 is 6.03 Å². The fourth-order valence-corrected chi connectivity index (χ4v) is 1.59. The van der Waals surface area contributed by atoms with Gasteiger partial charge in [-0.1, -0.05) is 6.07 Å². The highest BCUT2D eigenvalue weighted by atomic mass is 19.1. The van der Waals surface area contributed by atoms with Crippen LogP contribution in [0.4, 0.5) is 26.2 Å². The molecule has 0 saturated carbocycles. The maximum Gasteiger partial charge on any atom is 0.326 e. The second-order valence-electron chi connectivity index (χ2n) is 3.93. The van der Waals surface area contributed by atoms with Gasteiger partial charge in [-0.25, -0.2) is 9.18 Å². The number of nitrogens with zero attached hydrogens (tertiary/aromatic N) is 2. The van der Waals surface area contributed by atoms with E-state index in [9.17, 15) is 9.18 Å². The number of hydrogen-bond donors (Lipinski definition) is 2. The van der Waals surface area contributed by atoms with Gasteiger partial charge in [0.2, 0.25) is 0 Å². The van der Waals surface area contributed by atoms with Crippen LogP contribution in [0.15, 0.2) is 42.7 Å². The van der Waals surface area contributed by atoms with E-state index in [2.05, 4.69) is 10.3 Å². The van der Waals surface area contributed by atoms with E-state index in [0.717, 1.165) is 0 Å². The van der Waals surface area contributed by atoms with E-state index < -0.39 is 11.8 Å². The number of aromatic nitrogens is 1. The molecule has 1 heterocycles. The largest absolute Gasteiger partial charge is 0.396 e. The van der Waals surface area contributed by atoms with Gasteiger partial charge in [0.25, 0.3) is 0 Å². The van der Waals surface area contributed by atoms with Gasteiger partial charge < -0.3 is 11.1 Å². The van der Waals surface area contributed by atoms with Gasteiger partial charge in [0.05, 0.1) is 17.6 Å². The highest BCUT2D eigenvalue weighted by Gasteiger charge is 2.13. The Kier molecular flexibility index (Phi) is 3.61. The van der Waals surface area contributed by atoms with Crippen molar-refractivity contribution in [1.29, 1.82) is 0 Å². The van der Waals surface area contributed by atoms with Crippen LogP contribution < -0.4 is 16.0 Å². The zero-order valence-corrected chi connectivity index (χ0v) is 10.3. The van der Waals surface area contributed by atoms with Crippen molar-refractivity contribution in [3.05, 3.63) is 48.5 Å². The van der Waals surface area contributed by atoms with Gasteiger partial charge in [-0.2, -0.15) is 0 Å². The molecule has 19 heavy (non-hydrogen) atoms. The van der Waals surface area contributed by atoms with Crippen molar-refractivity contribution < 1.29 is 9.18 Å². The van der Waals surface area contributed by atoms with Crippen molar-refractivity contribution in [2.45, 2.75) is 0 Å². The van der Waals surface area contributed by atoms with Gasteiger partial charge in [-0.05, 0) is 24.3 Å². The van der Waals surface area contributed by atoms with Crippen molar-refractivity contribution in [2.24, 2.45) is 0 Å². The topological polar surface area (TPSA) is 71.2 Å². The molecule has 0 unspecified atom stereocenters. The number of anilines is 3. The summed E-state index contributed by atoms with van der Waals surface area (Å²) >= 11 is 0. The van der Waals surface area contributed by atoms with Crippen molar-refractivity contribution >= 4 is 23.1 Å². The summed E-state index contributed by atoms with van der Waals surface area (Å²) in [6.45, 7) is 0. The first-order valence-electron chi connectivity index (χ1n) is 5.57. The summed E-state index contributed by atoms with van der Waals surface area (Å²) in [7, 11) is 1.57. The molecule has 2 amide bonds. The monoisotopic (exact) mass is 260 g/mol. The quantitative estimate of drug-likeness (QED) is 0.871. The summed E-state index contributed by atoms with van der Waals surface area (Å²) in [5.74, 6) is -0.413. The maximum absolute atomic E-state index is 13.0. The third kappa shape index (κ3) is 2.98. The number of urea groups is 1. The Morgan fingerprint density at radius 1 is 1.42 bits per heavy atom. The highest BCUT2D eigenvalue weighted by molar-refractivity contribution is 6.02. The third-order valence-electron chi connectivity index (χ3n) is 2.57. The molecule has 0 saturated heterocycles. The van der Waals surface area contributed by atoms with E-state index in [1.54, 1.807) is 19.2 Å². The van der Waals surface area contributed by atoms with Crippen LogP contribution in [-0.4, -0.2) is 18.1 Å². The number of carbonyl (C=O) groups is 1. The van der Waals surface area contributed by atoms with E-state index in [4.69, 9.17) is 5.73 Å². The number of nitrogen functional groups attached to an aromatic ring is 1. The number of nitrogens with two attached hydrogens (primary N) is 1. The summed E-state index contributed by atoms with van der Waals surface area (Å²) in [4.78, 5) is 17.2. The molecular formula is C13H13FN4O. The van der Waals surface area contributed by atoms with E-state index in [-0.39, 0.29) is 0 Å². The second-order valence-corrected chi connectivity index (χ2v) is 3.93. The molecular weight excluding hydrogens is 247 g/mol. The van der Waals surface area contributed by atoms with Gasteiger partial charge in [0.1, 0.15) is 5.82 Å². The first-order valence-corrected chi connectivity index (χ1v) is 5.57. The standard InChI is InChI=1S/C13H13FN4O/c1-18(12-5-6-16-8-11(12)15)13(19)17-10-4-2-3-9(14)7-10/h2-8H,15H2,1H3,(H,17,19). The summed E-state index contributed by atoms with van der Waals surface area (Å²) < 4.78 is 13.0. The molecule has 0 bridgehead atoms. The van der Waals surface area contributed by atoms with Crippen LogP contribution in [-0.2, 0) is 0 Å². The molecule has 2 rings (SSSR count). The number of hydrogen-bond acceptors (Lipinski definition) is 3. The van der Waals surface area contributed by atoms with Gasteiger partial charge in [0.15, 0.2) is 0 Å². The summed E-state index contributed by atoms with van der Waals surface area (Å²) in [6.07, 6.45) is 3.00. The Labute approximate surface area is 109 Å². The lowest BCUT2D eigenvalue weighted by Crippen LogP contribution is -2.31. The first kappa shape index (κ1) is 12.8. The Morgan fingerprint density at radius 3 is 2.89 bits per heavy atom. The van der Waals surface area contributed by atoms with Crippen molar-refractivity contribution in [1.82, 2.24) is 4.98 Å². The minimum Gasteiger partial charge on any atom is -0.396 e. The van der Waals surface area contributed by atoms with Gasteiger partial charge in [-0.15, -0.1) is 0 Å². The second kappa shape index (κ2) is 5.34. The zero-order valence-electron chi connectivity index (χ0n) is 10.3. The van der Waals surface area contributed by atoms with Gasteiger partial charge in [-0.3, -0.25) is 9.88 Å². The number of amides is 2. The van der Waals surface area contributed by atoms with E-state index in [1.807, 2.05) is 0 Å². The predicted molar refractivity (Wildman–Crippen MR) is 72.5 cm³/mol. The van der Waals surface area contributed by atoms with Crippen LogP contribution in [0.1, 0.15) is 0 Å². The lowest BCUT2D eigenvalue weighted by molar-refractivity contribution is 0.258. The number of carbonyl (C=O) groups excluding carboxylic acids is 1. The van der Waals surface area contributed by atoms with Crippen LogP contribution in [0, 0.1) is 5.82 Å². The summed E-state index contributed by atoms with van der Waals surface area (Å²) in [5.41, 5.74) is 7.03. The van der Waals surface area contributed by atoms with Crippen LogP contribution in [0.5, 0.6) is 0 Å². The normalized spacial score (nSPS) is 10.0. The predicted octanol–water partition coefficient (Wildman–Crippen LogP) is 2.47.